The molecule has 0 aliphatic heterocycles. The van der Waals surface area contributed by atoms with Gasteiger partial charge in [0.15, 0.2) is 0 Å². The molecule has 0 bridgehead atoms. The number of nitrogen functional groups attached to an aromatic ring is 1. The summed E-state index contributed by atoms with van der Waals surface area (Å²) in [5.41, 5.74) is 7.42. The molecule has 4 nitrogen and oxygen atoms in total. The van der Waals surface area contributed by atoms with E-state index in [1.165, 1.54) is 14.2 Å². The number of halogens is 1. The predicted octanol–water partition coefficient (Wildman–Crippen LogP) is 3.02. The first-order chi connectivity index (χ1) is 9.58. The van der Waals surface area contributed by atoms with Gasteiger partial charge in [0.1, 0.15) is 17.6 Å². The first-order valence-corrected chi connectivity index (χ1v) is 6.40. The summed E-state index contributed by atoms with van der Waals surface area (Å²) in [7, 11) is 3.08. The number of anilines is 1. The standard InChI is InChI=1S/C15H16ClNO3/c1-19-12-4-3-5-13(20-2)14(12)15(18)10-7-6-9(16)8-11(10)17/h3-8,15,18H,17H2,1-2H3. The molecule has 0 heterocycles. The quantitative estimate of drug-likeness (QED) is 0.851. The summed E-state index contributed by atoms with van der Waals surface area (Å²) in [5, 5.41) is 11.1. The number of benzene rings is 2. The van der Waals surface area contributed by atoms with E-state index in [1.807, 2.05) is 0 Å². The van der Waals surface area contributed by atoms with Crippen molar-refractivity contribution in [3.63, 3.8) is 0 Å². The van der Waals surface area contributed by atoms with Gasteiger partial charge in [0, 0.05) is 16.3 Å². The Bertz CT molecular complexity index is 594. The van der Waals surface area contributed by atoms with Gasteiger partial charge in [0.05, 0.1) is 19.8 Å². The Balaban J connectivity index is 2.55. The molecule has 20 heavy (non-hydrogen) atoms. The van der Waals surface area contributed by atoms with Crippen molar-refractivity contribution in [2.45, 2.75) is 6.10 Å². The first kappa shape index (κ1) is 14.5. The lowest BCUT2D eigenvalue weighted by molar-refractivity contribution is 0.209. The molecule has 0 saturated heterocycles. The number of aliphatic hydroxyl groups excluding tert-OH is 1. The number of rotatable bonds is 4. The molecule has 0 amide bonds. The number of hydrogen-bond donors (Lipinski definition) is 2. The molecule has 2 aromatic rings. The fraction of sp³-hybridized carbons (Fsp3) is 0.200. The van der Waals surface area contributed by atoms with E-state index in [0.717, 1.165) is 0 Å². The van der Waals surface area contributed by atoms with E-state index >= 15 is 0 Å². The summed E-state index contributed by atoms with van der Waals surface area (Å²) < 4.78 is 10.6. The molecule has 2 rings (SSSR count). The van der Waals surface area contributed by atoms with Gasteiger partial charge < -0.3 is 20.3 Å². The van der Waals surface area contributed by atoms with Gasteiger partial charge in [-0.25, -0.2) is 0 Å². The zero-order chi connectivity index (χ0) is 14.7. The molecule has 0 fully saturated rings. The maximum atomic E-state index is 10.6. The number of nitrogens with two attached hydrogens (primary N) is 1. The zero-order valence-corrected chi connectivity index (χ0v) is 12.0. The summed E-state index contributed by atoms with van der Waals surface area (Å²) in [4.78, 5) is 0. The van der Waals surface area contributed by atoms with Crippen LogP contribution >= 0.6 is 11.6 Å². The van der Waals surface area contributed by atoms with Gasteiger partial charge >= 0.3 is 0 Å². The van der Waals surface area contributed by atoms with Crippen molar-refractivity contribution in [2.75, 3.05) is 20.0 Å². The third-order valence-electron chi connectivity index (χ3n) is 3.08. The lowest BCUT2D eigenvalue weighted by Gasteiger charge is -2.19. The minimum absolute atomic E-state index is 0.415. The molecule has 0 spiro atoms. The highest BCUT2D eigenvalue weighted by atomic mass is 35.5. The molecule has 1 atom stereocenters. The van der Waals surface area contributed by atoms with Crippen molar-refractivity contribution in [3.8, 4) is 11.5 Å². The zero-order valence-electron chi connectivity index (χ0n) is 11.3. The monoisotopic (exact) mass is 293 g/mol. The van der Waals surface area contributed by atoms with Crippen LogP contribution in [0.25, 0.3) is 0 Å². The van der Waals surface area contributed by atoms with Gasteiger partial charge in [0.25, 0.3) is 0 Å². The van der Waals surface area contributed by atoms with E-state index < -0.39 is 6.10 Å². The Morgan fingerprint density at radius 2 is 1.70 bits per heavy atom. The molecule has 106 valence electrons. The second-order valence-corrected chi connectivity index (χ2v) is 4.69. The van der Waals surface area contributed by atoms with Crippen LogP contribution in [0.4, 0.5) is 5.69 Å². The minimum Gasteiger partial charge on any atom is -0.496 e. The van der Waals surface area contributed by atoms with Crippen molar-refractivity contribution >= 4 is 17.3 Å². The second-order valence-electron chi connectivity index (χ2n) is 4.25. The minimum atomic E-state index is -0.960. The molecule has 0 aliphatic carbocycles. The predicted molar refractivity (Wildman–Crippen MR) is 79.5 cm³/mol. The molecule has 3 N–H and O–H groups in total. The van der Waals surface area contributed by atoms with Crippen molar-refractivity contribution in [3.05, 3.63) is 52.5 Å². The molecule has 0 aromatic heterocycles. The molecule has 5 heteroatoms. The fourth-order valence-corrected chi connectivity index (χ4v) is 2.28. The molecule has 0 radical (unpaired) electrons. The van der Waals surface area contributed by atoms with Gasteiger partial charge in [-0.1, -0.05) is 23.7 Å². The maximum Gasteiger partial charge on any atom is 0.128 e. The lowest BCUT2D eigenvalue weighted by atomic mass is 9.98. The summed E-state index contributed by atoms with van der Waals surface area (Å²) >= 11 is 5.87. The normalized spacial score (nSPS) is 12.0. The molecular formula is C15H16ClNO3. The summed E-state index contributed by atoms with van der Waals surface area (Å²) in [6.07, 6.45) is -0.960. The van der Waals surface area contributed by atoms with E-state index in [2.05, 4.69) is 0 Å². The van der Waals surface area contributed by atoms with Crippen LogP contribution in [0.3, 0.4) is 0 Å². The number of ether oxygens (including phenoxy) is 2. The smallest absolute Gasteiger partial charge is 0.128 e. The van der Waals surface area contributed by atoms with Crippen LogP contribution in [0, 0.1) is 0 Å². The van der Waals surface area contributed by atoms with E-state index in [-0.39, 0.29) is 0 Å². The average Bonchev–Trinajstić information content (AvgIpc) is 2.45. The average molecular weight is 294 g/mol. The molecule has 1 unspecified atom stereocenters. The molecule has 0 aliphatic rings. The Labute approximate surface area is 122 Å². The van der Waals surface area contributed by atoms with Gasteiger partial charge in [0.2, 0.25) is 0 Å². The third-order valence-corrected chi connectivity index (χ3v) is 3.32. The van der Waals surface area contributed by atoms with Crippen molar-refractivity contribution in [1.82, 2.24) is 0 Å². The van der Waals surface area contributed by atoms with Crippen LogP contribution in [-0.2, 0) is 0 Å². The summed E-state index contributed by atoms with van der Waals surface area (Å²) in [5.74, 6) is 1.07. The van der Waals surface area contributed by atoms with Crippen molar-refractivity contribution in [1.29, 1.82) is 0 Å². The lowest BCUT2D eigenvalue weighted by Crippen LogP contribution is -2.07. The van der Waals surface area contributed by atoms with Gasteiger partial charge in [-0.2, -0.15) is 0 Å². The van der Waals surface area contributed by atoms with Gasteiger partial charge in [-0.15, -0.1) is 0 Å². The van der Waals surface area contributed by atoms with Crippen molar-refractivity contribution in [2.24, 2.45) is 0 Å². The number of hydrogen-bond acceptors (Lipinski definition) is 4. The fourth-order valence-electron chi connectivity index (χ4n) is 2.10. The maximum absolute atomic E-state index is 10.6. The molecule has 2 aromatic carbocycles. The number of methoxy groups -OCH3 is 2. The van der Waals surface area contributed by atoms with Crippen LogP contribution in [0.15, 0.2) is 36.4 Å². The highest BCUT2D eigenvalue weighted by Crippen LogP contribution is 2.39. The highest BCUT2D eigenvalue weighted by Gasteiger charge is 2.22. The van der Waals surface area contributed by atoms with Crippen LogP contribution in [0.5, 0.6) is 11.5 Å². The highest BCUT2D eigenvalue weighted by molar-refractivity contribution is 6.30. The van der Waals surface area contributed by atoms with Crippen LogP contribution < -0.4 is 15.2 Å². The molecule has 0 saturated carbocycles. The topological polar surface area (TPSA) is 64.7 Å². The van der Waals surface area contributed by atoms with E-state index in [1.54, 1.807) is 36.4 Å². The van der Waals surface area contributed by atoms with Gasteiger partial charge in [-0.05, 0) is 24.3 Å². The van der Waals surface area contributed by atoms with Crippen LogP contribution in [0.1, 0.15) is 17.2 Å². The van der Waals surface area contributed by atoms with Crippen LogP contribution in [-0.4, -0.2) is 19.3 Å². The Hall–Kier alpha value is -1.91. The van der Waals surface area contributed by atoms with E-state index in [4.69, 9.17) is 26.8 Å². The molecular weight excluding hydrogens is 278 g/mol. The van der Waals surface area contributed by atoms with Gasteiger partial charge in [-0.3, -0.25) is 0 Å². The second kappa shape index (κ2) is 6.03. The van der Waals surface area contributed by atoms with E-state index in [9.17, 15) is 5.11 Å². The number of aliphatic hydroxyl groups is 1. The van der Waals surface area contributed by atoms with Crippen molar-refractivity contribution < 1.29 is 14.6 Å². The summed E-state index contributed by atoms with van der Waals surface area (Å²) in [6.45, 7) is 0. The van der Waals surface area contributed by atoms with E-state index in [0.29, 0.717) is 33.3 Å². The van der Waals surface area contributed by atoms with Crippen LogP contribution in [0.2, 0.25) is 5.02 Å². The Morgan fingerprint density at radius 1 is 1.10 bits per heavy atom. The first-order valence-electron chi connectivity index (χ1n) is 6.02. The Morgan fingerprint density at radius 3 is 2.20 bits per heavy atom. The summed E-state index contributed by atoms with van der Waals surface area (Å²) in [6, 6.07) is 10.3. The largest absolute Gasteiger partial charge is 0.496 e. The Kier molecular flexibility index (Phi) is 4.37. The third kappa shape index (κ3) is 2.66. The SMILES string of the molecule is COc1cccc(OC)c1C(O)c1ccc(Cl)cc1N.